The lowest BCUT2D eigenvalue weighted by atomic mass is 9.99. The van der Waals surface area contributed by atoms with Crippen LogP contribution in [0, 0.1) is 5.92 Å². The van der Waals surface area contributed by atoms with E-state index in [4.69, 9.17) is 9.47 Å². The molecule has 1 amide bonds. The lowest BCUT2D eigenvalue weighted by Crippen LogP contribution is -2.49. The molecule has 31 heavy (non-hydrogen) atoms. The summed E-state index contributed by atoms with van der Waals surface area (Å²) in [5, 5.41) is 8.94. The molecule has 2 fully saturated rings. The number of carbonyl (C=O) groups is 1. The summed E-state index contributed by atoms with van der Waals surface area (Å²) in [5.74, 6) is 3.60. The van der Waals surface area contributed by atoms with E-state index in [-0.39, 0.29) is 5.91 Å². The molecule has 0 radical (unpaired) electrons. The molecule has 8 heteroatoms. The van der Waals surface area contributed by atoms with Crippen LogP contribution in [-0.4, -0.2) is 74.5 Å². The minimum Gasteiger partial charge on any atom is -0.493 e. The molecule has 1 aromatic heterocycles. The maximum absolute atomic E-state index is 13.1. The predicted octanol–water partition coefficient (Wildman–Crippen LogP) is 2.69. The average Bonchev–Trinajstić information content (AvgIpc) is 2.83. The second kappa shape index (κ2) is 9.41. The molecular weight excluding hydrogens is 394 g/mol. The van der Waals surface area contributed by atoms with Crippen molar-refractivity contribution < 1.29 is 14.3 Å². The third-order valence-electron chi connectivity index (χ3n) is 6.27. The molecule has 2 saturated heterocycles. The van der Waals surface area contributed by atoms with Gasteiger partial charge in [-0.25, -0.2) is 0 Å². The Morgan fingerprint density at radius 3 is 2.03 bits per heavy atom. The van der Waals surface area contributed by atoms with E-state index in [2.05, 4.69) is 33.0 Å². The van der Waals surface area contributed by atoms with Gasteiger partial charge in [-0.3, -0.25) is 4.79 Å². The van der Waals surface area contributed by atoms with Crippen LogP contribution in [0.1, 0.15) is 30.1 Å². The summed E-state index contributed by atoms with van der Waals surface area (Å²) in [7, 11) is 3.13. The first-order valence-corrected chi connectivity index (χ1v) is 10.9. The van der Waals surface area contributed by atoms with Gasteiger partial charge in [-0.05, 0) is 43.0 Å². The Balaban J connectivity index is 1.37. The van der Waals surface area contributed by atoms with Crippen LogP contribution in [0.15, 0.2) is 30.3 Å². The fourth-order valence-corrected chi connectivity index (χ4v) is 4.26. The van der Waals surface area contributed by atoms with Crippen molar-refractivity contribution in [2.75, 3.05) is 63.3 Å². The second-order valence-electron chi connectivity index (χ2n) is 8.24. The number of piperazine rings is 1. The zero-order valence-corrected chi connectivity index (χ0v) is 18.6. The Labute approximate surface area is 183 Å². The van der Waals surface area contributed by atoms with Gasteiger partial charge in [0.15, 0.2) is 23.1 Å². The minimum atomic E-state index is -0.0452. The van der Waals surface area contributed by atoms with Crippen molar-refractivity contribution in [1.29, 1.82) is 0 Å². The molecule has 2 aromatic rings. The normalized spacial score (nSPS) is 17.6. The zero-order valence-electron chi connectivity index (χ0n) is 18.6. The molecule has 2 aliphatic rings. The van der Waals surface area contributed by atoms with E-state index in [1.54, 1.807) is 26.4 Å². The molecule has 3 heterocycles. The smallest absolute Gasteiger partial charge is 0.257 e. The Morgan fingerprint density at radius 2 is 1.48 bits per heavy atom. The van der Waals surface area contributed by atoms with Crippen LogP contribution in [-0.2, 0) is 0 Å². The Hall–Kier alpha value is -3.03. The molecule has 0 atom stereocenters. The van der Waals surface area contributed by atoms with E-state index < -0.39 is 0 Å². The fourth-order valence-electron chi connectivity index (χ4n) is 4.26. The van der Waals surface area contributed by atoms with Crippen molar-refractivity contribution >= 4 is 17.5 Å². The number of piperidine rings is 1. The number of rotatable bonds is 5. The van der Waals surface area contributed by atoms with E-state index in [1.807, 2.05) is 17.0 Å². The molecule has 0 saturated carbocycles. The molecule has 0 bridgehead atoms. The highest BCUT2D eigenvalue weighted by atomic mass is 16.5. The van der Waals surface area contributed by atoms with Gasteiger partial charge in [-0.2, -0.15) is 0 Å². The number of para-hydroxylation sites is 1. The van der Waals surface area contributed by atoms with E-state index in [0.29, 0.717) is 43.2 Å². The van der Waals surface area contributed by atoms with Gasteiger partial charge in [0.2, 0.25) is 0 Å². The quantitative estimate of drug-likeness (QED) is 0.729. The SMILES string of the molecule is COc1cccc(C(=O)N2CCN(c3ccc(N4CCC(C)CC4)nn3)CC2)c1OC. The third-order valence-corrected chi connectivity index (χ3v) is 6.27. The van der Waals surface area contributed by atoms with Crippen LogP contribution in [0.3, 0.4) is 0 Å². The van der Waals surface area contributed by atoms with E-state index in [0.717, 1.165) is 30.6 Å². The maximum atomic E-state index is 13.1. The summed E-state index contributed by atoms with van der Waals surface area (Å²) >= 11 is 0. The molecule has 8 nitrogen and oxygen atoms in total. The first kappa shape index (κ1) is 21.2. The van der Waals surface area contributed by atoms with Gasteiger partial charge in [0, 0.05) is 39.3 Å². The summed E-state index contributed by atoms with van der Waals surface area (Å²) in [6.45, 7) is 7.06. The number of carbonyl (C=O) groups excluding carboxylic acids is 1. The van der Waals surface area contributed by atoms with Crippen molar-refractivity contribution in [2.24, 2.45) is 5.92 Å². The molecule has 0 N–H and O–H groups in total. The highest BCUT2D eigenvalue weighted by Gasteiger charge is 2.26. The second-order valence-corrected chi connectivity index (χ2v) is 8.24. The largest absolute Gasteiger partial charge is 0.493 e. The fraction of sp³-hybridized carbons (Fsp3) is 0.522. The zero-order chi connectivity index (χ0) is 21.8. The van der Waals surface area contributed by atoms with Crippen LogP contribution in [0.4, 0.5) is 11.6 Å². The molecule has 0 spiro atoms. The van der Waals surface area contributed by atoms with Gasteiger partial charge >= 0.3 is 0 Å². The molecule has 1 aromatic carbocycles. The third kappa shape index (κ3) is 4.52. The highest BCUT2D eigenvalue weighted by molar-refractivity contribution is 5.98. The number of methoxy groups -OCH3 is 2. The molecule has 0 unspecified atom stereocenters. The number of anilines is 2. The summed E-state index contributed by atoms with van der Waals surface area (Å²) in [4.78, 5) is 19.4. The minimum absolute atomic E-state index is 0.0452. The highest BCUT2D eigenvalue weighted by Crippen LogP contribution is 2.32. The van der Waals surface area contributed by atoms with Gasteiger partial charge in [0.05, 0.1) is 19.8 Å². The van der Waals surface area contributed by atoms with Crippen LogP contribution >= 0.6 is 0 Å². The molecule has 166 valence electrons. The van der Waals surface area contributed by atoms with Crippen LogP contribution in [0.5, 0.6) is 11.5 Å². The lowest BCUT2D eigenvalue weighted by molar-refractivity contribution is 0.0742. The monoisotopic (exact) mass is 425 g/mol. The number of hydrogen-bond acceptors (Lipinski definition) is 7. The van der Waals surface area contributed by atoms with Gasteiger partial charge in [-0.1, -0.05) is 13.0 Å². The van der Waals surface area contributed by atoms with Crippen LogP contribution in [0.25, 0.3) is 0 Å². The van der Waals surface area contributed by atoms with Crippen molar-refractivity contribution in [3.63, 3.8) is 0 Å². The average molecular weight is 426 g/mol. The van der Waals surface area contributed by atoms with Crippen molar-refractivity contribution in [2.45, 2.75) is 19.8 Å². The van der Waals surface area contributed by atoms with E-state index >= 15 is 0 Å². The number of hydrogen-bond donors (Lipinski definition) is 0. The topological polar surface area (TPSA) is 71.0 Å². The van der Waals surface area contributed by atoms with Crippen LogP contribution < -0.4 is 19.3 Å². The Kier molecular flexibility index (Phi) is 6.44. The van der Waals surface area contributed by atoms with Gasteiger partial charge in [-0.15, -0.1) is 10.2 Å². The van der Waals surface area contributed by atoms with Crippen molar-refractivity contribution in [3.05, 3.63) is 35.9 Å². The number of nitrogens with zero attached hydrogens (tertiary/aromatic N) is 5. The van der Waals surface area contributed by atoms with Gasteiger partial charge in [0.25, 0.3) is 5.91 Å². The van der Waals surface area contributed by atoms with E-state index in [1.165, 1.54) is 12.8 Å². The molecule has 4 rings (SSSR count). The Bertz CT molecular complexity index is 889. The van der Waals surface area contributed by atoms with E-state index in [9.17, 15) is 4.79 Å². The van der Waals surface area contributed by atoms with Gasteiger partial charge in [0.1, 0.15) is 0 Å². The van der Waals surface area contributed by atoms with Crippen molar-refractivity contribution in [1.82, 2.24) is 15.1 Å². The predicted molar refractivity (Wildman–Crippen MR) is 120 cm³/mol. The van der Waals surface area contributed by atoms with Crippen molar-refractivity contribution in [3.8, 4) is 11.5 Å². The number of amides is 1. The Morgan fingerprint density at radius 1 is 0.871 bits per heavy atom. The first-order chi connectivity index (χ1) is 15.1. The summed E-state index contributed by atoms with van der Waals surface area (Å²) in [5.41, 5.74) is 0.523. The van der Waals surface area contributed by atoms with Crippen LogP contribution in [0.2, 0.25) is 0 Å². The van der Waals surface area contributed by atoms with Gasteiger partial charge < -0.3 is 24.2 Å². The first-order valence-electron chi connectivity index (χ1n) is 10.9. The lowest BCUT2D eigenvalue weighted by Gasteiger charge is -2.35. The summed E-state index contributed by atoms with van der Waals surface area (Å²) in [6.07, 6.45) is 2.41. The standard InChI is InChI=1S/C23H31N5O3/c1-17-9-11-26(12-10-17)20-7-8-21(25-24-20)27-13-15-28(16-14-27)23(29)18-5-4-6-19(30-2)22(18)31-3/h4-8,17H,9-16H2,1-3H3. The summed E-state index contributed by atoms with van der Waals surface area (Å²) < 4.78 is 10.8. The summed E-state index contributed by atoms with van der Waals surface area (Å²) in [6, 6.07) is 9.49. The number of ether oxygens (including phenoxy) is 2. The number of aromatic nitrogens is 2. The molecular formula is C23H31N5O3. The molecule has 0 aliphatic carbocycles. The maximum Gasteiger partial charge on any atom is 0.257 e. The molecule has 2 aliphatic heterocycles. The number of benzene rings is 1.